The predicted molar refractivity (Wildman–Crippen MR) is 106 cm³/mol. The number of nitrogens with zero attached hydrogens (tertiary/aromatic N) is 1. The minimum atomic E-state index is 0.192. The summed E-state index contributed by atoms with van der Waals surface area (Å²) in [5.74, 6) is 0.570. The highest BCUT2D eigenvalue weighted by Gasteiger charge is 2.40. The molecule has 0 N–H and O–H groups in total. The van der Waals surface area contributed by atoms with E-state index in [0.717, 1.165) is 30.5 Å². The number of Topliss-reactive ketones (excluding diaryl/α,β-unsaturated/α-hetero) is 1. The van der Waals surface area contributed by atoms with Crippen molar-refractivity contribution >= 4 is 5.78 Å². The Morgan fingerprint density at radius 1 is 0.962 bits per heavy atom. The number of piperidine rings is 2. The molecular weight excluding hydrogens is 318 g/mol. The van der Waals surface area contributed by atoms with Gasteiger partial charge in [0.25, 0.3) is 0 Å². The number of benzene rings is 2. The largest absolute Gasteiger partial charge is 0.294 e. The maximum atomic E-state index is 13.3. The number of aryl methyl sites for hydroxylation is 1. The van der Waals surface area contributed by atoms with E-state index in [0.29, 0.717) is 17.9 Å². The van der Waals surface area contributed by atoms with Crippen LogP contribution in [0.5, 0.6) is 0 Å². The molecule has 4 rings (SSSR count). The molecule has 2 aromatic carbocycles. The van der Waals surface area contributed by atoms with Crippen molar-refractivity contribution < 1.29 is 4.79 Å². The molecule has 2 heteroatoms. The van der Waals surface area contributed by atoms with Crippen LogP contribution in [0.15, 0.2) is 48.5 Å². The number of rotatable bonds is 4. The van der Waals surface area contributed by atoms with Gasteiger partial charge in [-0.25, -0.2) is 0 Å². The highest BCUT2D eigenvalue weighted by Crippen LogP contribution is 2.39. The average Bonchev–Trinajstić information content (AvgIpc) is 2.64. The molecule has 2 nitrogen and oxygen atoms in total. The van der Waals surface area contributed by atoms with Gasteiger partial charge in [-0.1, -0.05) is 55.0 Å². The summed E-state index contributed by atoms with van der Waals surface area (Å²) in [6.45, 7) is 5.22. The first-order valence-corrected chi connectivity index (χ1v) is 10.0. The van der Waals surface area contributed by atoms with Gasteiger partial charge in [0.15, 0.2) is 5.78 Å². The van der Waals surface area contributed by atoms with E-state index in [4.69, 9.17) is 0 Å². The molecule has 0 aliphatic carbocycles. The van der Waals surface area contributed by atoms with Gasteiger partial charge in [0, 0.05) is 30.1 Å². The highest BCUT2D eigenvalue weighted by molar-refractivity contribution is 5.99. The monoisotopic (exact) mass is 347 g/mol. The first kappa shape index (κ1) is 17.5. The van der Waals surface area contributed by atoms with Crippen LogP contribution in [0.4, 0.5) is 0 Å². The molecule has 2 aliphatic rings. The number of hydrogen-bond donors (Lipinski definition) is 0. The molecule has 2 saturated heterocycles. The molecule has 26 heavy (non-hydrogen) atoms. The second kappa shape index (κ2) is 7.36. The molecule has 2 aliphatic heterocycles. The zero-order chi connectivity index (χ0) is 18.1. The lowest BCUT2D eigenvalue weighted by molar-refractivity contribution is 0.00904. The van der Waals surface area contributed by atoms with E-state index in [1.165, 1.54) is 30.4 Å². The fourth-order valence-electron chi connectivity index (χ4n) is 4.98. The summed E-state index contributed by atoms with van der Waals surface area (Å²) in [5.41, 5.74) is 4.72. The van der Waals surface area contributed by atoms with Crippen molar-refractivity contribution in [2.75, 3.05) is 0 Å². The summed E-state index contributed by atoms with van der Waals surface area (Å²) < 4.78 is 0. The highest BCUT2D eigenvalue weighted by atomic mass is 16.1. The Labute approximate surface area is 157 Å². The van der Waals surface area contributed by atoms with Crippen LogP contribution < -0.4 is 0 Å². The van der Waals surface area contributed by atoms with Crippen molar-refractivity contribution in [3.63, 3.8) is 0 Å². The van der Waals surface area contributed by atoms with Gasteiger partial charge in [0.1, 0.15) is 0 Å². The predicted octanol–water partition coefficient (Wildman–Crippen LogP) is 5.32. The van der Waals surface area contributed by atoms with Gasteiger partial charge < -0.3 is 0 Å². The molecule has 0 saturated carbocycles. The summed E-state index contributed by atoms with van der Waals surface area (Å²) in [6.07, 6.45) is 5.83. The Balaban J connectivity index is 1.52. The molecule has 0 aromatic heterocycles. The Hall–Kier alpha value is -1.93. The minimum absolute atomic E-state index is 0.192. The molecule has 2 heterocycles. The van der Waals surface area contributed by atoms with E-state index >= 15 is 0 Å². The van der Waals surface area contributed by atoms with Gasteiger partial charge in [-0.2, -0.15) is 0 Å². The zero-order valence-corrected chi connectivity index (χ0v) is 15.9. The van der Waals surface area contributed by atoms with Gasteiger partial charge in [-0.05, 0) is 56.2 Å². The fraction of sp³-hybridized carbons (Fsp3) is 0.458. The van der Waals surface area contributed by atoms with E-state index in [1.807, 2.05) is 12.1 Å². The Morgan fingerprint density at radius 3 is 2.35 bits per heavy atom. The van der Waals surface area contributed by atoms with E-state index in [9.17, 15) is 4.79 Å². The molecule has 0 spiro atoms. The van der Waals surface area contributed by atoms with Gasteiger partial charge in [0.05, 0.1) is 0 Å². The Morgan fingerprint density at radius 2 is 1.65 bits per heavy atom. The smallest absolute Gasteiger partial charge is 0.166 e. The van der Waals surface area contributed by atoms with Gasteiger partial charge in [0.2, 0.25) is 0 Å². The van der Waals surface area contributed by atoms with Crippen molar-refractivity contribution in [3.05, 3.63) is 70.8 Å². The maximum Gasteiger partial charge on any atom is 0.166 e. The van der Waals surface area contributed by atoms with Crippen LogP contribution in [0.1, 0.15) is 59.2 Å². The van der Waals surface area contributed by atoms with Crippen molar-refractivity contribution in [2.45, 2.75) is 64.6 Å². The molecule has 2 fully saturated rings. The molecule has 0 amide bonds. The molecule has 0 radical (unpaired) electrons. The summed E-state index contributed by atoms with van der Waals surface area (Å²) >= 11 is 0. The average molecular weight is 348 g/mol. The second-order valence-electron chi connectivity index (χ2n) is 8.18. The van der Waals surface area contributed by atoms with E-state index in [-0.39, 0.29) is 5.92 Å². The zero-order valence-electron chi connectivity index (χ0n) is 15.9. The number of hydrogen-bond acceptors (Lipinski definition) is 2. The van der Waals surface area contributed by atoms with Crippen LogP contribution in [-0.4, -0.2) is 22.8 Å². The van der Waals surface area contributed by atoms with Crippen LogP contribution in [0, 0.1) is 19.8 Å². The van der Waals surface area contributed by atoms with Crippen molar-refractivity contribution in [1.82, 2.24) is 4.90 Å². The SMILES string of the molecule is Cc1cccc(C(=O)C2CC3CCCC(C2)N3Cc2ccccc2)c1C. The van der Waals surface area contributed by atoms with Crippen LogP contribution >= 0.6 is 0 Å². The van der Waals surface area contributed by atoms with Crippen molar-refractivity contribution in [3.8, 4) is 0 Å². The third-order valence-corrected chi connectivity index (χ3v) is 6.57. The van der Waals surface area contributed by atoms with Crippen LogP contribution in [0.2, 0.25) is 0 Å². The third-order valence-electron chi connectivity index (χ3n) is 6.57. The van der Waals surface area contributed by atoms with E-state index in [1.54, 1.807) is 0 Å². The molecule has 2 aromatic rings. The van der Waals surface area contributed by atoms with Gasteiger partial charge in [-0.15, -0.1) is 0 Å². The quantitative estimate of drug-likeness (QED) is 0.698. The lowest BCUT2D eigenvalue weighted by Crippen LogP contribution is -2.52. The van der Waals surface area contributed by atoms with Crippen molar-refractivity contribution in [2.24, 2.45) is 5.92 Å². The minimum Gasteiger partial charge on any atom is -0.294 e. The fourth-order valence-corrected chi connectivity index (χ4v) is 4.98. The van der Waals surface area contributed by atoms with Crippen molar-refractivity contribution in [1.29, 1.82) is 0 Å². The van der Waals surface area contributed by atoms with Crippen LogP contribution in [-0.2, 0) is 6.54 Å². The Bertz CT molecular complexity index is 768. The number of ketones is 1. The number of carbonyl (C=O) groups excluding carboxylic acids is 1. The van der Waals surface area contributed by atoms with Gasteiger partial charge >= 0.3 is 0 Å². The third kappa shape index (κ3) is 3.35. The molecular formula is C24H29NO. The first-order valence-electron chi connectivity index (χ1n) is 10.0. The summed E-state index contributed by atoms with van der Waals surface area (Å²) in [7, 11) is 0. The van der Waals surface area contributed by atoms with E-state index in [2.05, 4.69) is 55.1 Å². The van der Waals surface area contributed by atoms with Crippen LogP contribution in [0.25, 0.3) is 0 Å². The lowest BCUT2D eigenvalue weighted by Gasteiger charge is -2.48. The second-order valence-corrected chi connectivity index (χ2v) is 8.18. The normalized spacial score (nSPS) is 25.8. The molecule has 136 valence electrons. The maximum absolute atomic E-state index is 13.3. The molecule has 2 atom stereocenters. The summed E-state index contributed by atoms with van der Waals surface area (Å²) in [6, 6.07) is 18.1. The first-order chi connectivity index (χ1) is 12.6. The Kier molecular flexibility index (Phi) is 4.95. The molecule has 2 bridgehead atoms. The van der Waals surface area contributed by atoms with Crippen LogP contribution in [0.3, 0.4) is 0 Å². The lowest BCUT2D eigenvalue weighted by atomic mass is 9.75. The standard InChI is InChI=1S/C24H29NO/c1-17-8-6-13-23(18(17)2)24(26)20-14-21-11-7-12-22(15-20)25(21)16-19-9-4-3-5-10-19/h3-6,8-10,13,20-22H,7,11-12,14-16H2,1-2H3. The summed E-state index contributed by atoms with van der Waals surface area (Å²) in [5, 5.41) is 0. The topological polar surface area (TPSA) is 20.3 Å². The van der Waals surface area contributed by atoms with Gasteiger partial charge in [-0.3, -0.25) is 9.69 Å². The number of fused-ring (bicyclic) bond motifs is 2. The molecule has 2 unspecified atom stereocenters. The van der Waals surface area contributed by atoms with E-state index < -0.39 is 0 Å². The summed E-state index contributed by atoms with van der Waals surface area (Å²) in [4.78, 5) is 15.9. The number of carbonyl (C=O) groups is 1.